The van der Waals surface area contributed by atoms with Crippen molar-refractivity contribution in [3.8, 4) is 6.07 Å². The van der Waals surface area contributed by atoms with Gasteiger partial charge in [-0.1, -0.05) is 11.6 Å². The summed E-state index contributed by atoms with van der Waals surface area (Å²) < 4.78 is 28.1. The van der Waals surface area contributed by atoms with E-state index in [4.69, 9.17) is 16.9 Å². The van der Waals surface area contributed by atoms with Crippen LogP contribution in [0.1, 0.15) is 5.56 Å². The molecule has 1 rings (SSSR count). The fraction of sp³-hybridized carbons (Fsp3) is 0.400. The third-order valence-electron chi connectivity index (χ3n) is 1.72. The first-order valence-electron chi connectivity index (χ1n) is 4.79. The van der Waals surface area contributed by atoms with Gasteiger partial charge < -0.3 is 10.1 Å². The first-order valence-corrected chi connectivity index (χ1v) is 5.17. The van der Waals surface area contributed by atoms with Crippen LogP contribution in [-0.4, -0.2) is 31.2 Å². The van der Waals surface area contributed by atoms with Crippen molar-refractivity contribution in [2.75, 3.05) is 25.1 Å². The molecule has 0 atom stereocenters. The molecular weight excluding hydrogens is 252 g/mol. The quantitative estimate of drug-likeness (QED) is 0.631. The fourth-order valence-electron chi connectivity index (χ4n) is 1.08. The van der Waals surface area contributed by atoms with E-state index in [9.17, 15) is 8.78 Å². The molecule has 0 aliphatic rings. The summed E-state index contributed by atoms with van der Waals surface area (Å²) in [7, 11) is 0. The molecule has 0 bridgehead atoms. The van der Waals surface area contributed by atoms with E-state index < -0.39 is 13.0 Å². The van der Waals surface area contributed by atoms with E-state index in [0.717, 1.165) is 0 Å². The lowest BCUT2D eigenvalue weighted by Gasteiger charge is -2.07. The van der Waals surface area contributed by atoms with Crippen LogP contribution in [0.5, 0.6) is 0 Å². The van der Waals surface area contributed by atoms with E-state index in [0.29, 0.717) is 17.9 Å². The van der Waals surface area contributed by atoms with Crippen LogP contribution >= 0.6 is 11.6 Å². The molecule has 0 saturated heterocycles. The molecule has 1 N–H and O–H groups in total. The lowest BCUT2D eigenvalue weighted by atomic mass is 10.3. The molecule has 0 amide bonds. The first kappa shape index (κ1) is 13.6. The Morgan fingerprint density at radius 1 is 1.53 bits per heavy atom. The molecule has 92 valence electrons. The molecule has 0 aromatic carbocycles. The van der Waals surface area contributed by atoms with Crippen LogP contribution in [0.15, 0.2) is 12.1 Å². The lowest BCUT2D eigenvalue weighted by molar-refractivity contribution is 0.0215. The van der Waals surface area contributed by atoms with Crippen LogP contribution in [-0.2, 0) is 4.74 Å². The summed E-state index contributed by atoms with van der Waals surface area (Å²) >= 11 is 5.68. The van der Waals surface area contributed by atoms with Crippen LogP contribution < -0.4 is 5.32 Å². The normalized spacial score (nSPS) is 10.3. The Morgan fingerprint density at radius 2 is 2.29 bits per heavy atom. The zero-order valence-electron chi connectivity index (χ0n) is 8.79. The number of aromatic nitrogens is 1. The number of pyridine rings is 1. The van der Waals surface area contributed by atoms with Crippen molar-refractivity contribution < 1.29 is 13.5 Å². The number of nitrogens with zero attached hydrogens (tertiary/aromatic N) is 2. The number of halogens is 3. The molecule has 0 fully saturated rings. The van der Waals surface area contributed by atoms with Gasteiger partial charge in [0.15, 0.2) is 0 Å². The maximum absolute atomic E-state index is 11.7. The Balaban J connectivity index is 2.37. The van der Waals surface area contributed by atoms with Gasteiger partial charge in [0.2, 0.25) is 0 Å². The average molecular weight is 262 g/mol. The van der Waals surface area contributed by atoms with Crippen LogP contribution in [0.25, 0.3) is 0 Å². The summed E-state index contributed by atoms with van der Waals surface area (Å²) in [4.78, 5) is 3.91. The minimum atomic E-state index is -2.47. The van der Waals surface area contributed by atoms with Crippen LogP contribution in [0.3, 0.4) is 0 Å². The lowest BCUT2D eigenvalue weighted by Crippen LogP contribution is -2.13. The number of nitriles is 1. The molecule has 0 aliphatic heterocycles. The second-order valence-corrected chi connectivity index (χ2v) is 3.46. The molecule has 0 spiro atoms. The van der Waals surface area contributed by atoms with E-state index in [1.54, 1.807) is 0 Å². The predicted octanol–water partition coefficient (Wildman–Crippen LogP) is 2.30. The monoisotopic (exact) mass is 261 g/mol. The van der Waals surface area contributed by atoms with Gasteiger partial charge in [-0.3, -0.25) is 0 Å². The maximum Gasteiger partial charge on any atom is 0.261 e. The molecule has 0 aliphatic carbocycles. The summed E-state index contributed by atoms with van der Waals surface area (Å²) in [6.07, 6.45) is -2.47. The SMILES string of the molecule is N#Cc1cc(Cl)nc(NCCOCC(F)F)c1. The highest BCUT2D eigenvalue weighted by Gasteiger charge is 2.02. The van der Waals surface area contributed by atoms with Gasteiger partial charge in [0.25, 0.3) is 6.43 Å². The van der Waals surface area contributed by atoms with E-state index in [1.807, 2.05) is 6.07 Å². The Kier molecular flexibility index (Phi) is 5.60. The van der Waals surface area contributed by atoms with Crippen LogP contribution in [0.2, 0.25) is 5.15 Å². The number of hydrogen-bond acceptors (Lipinski definition) is 4. The highest BCUT2D eigenvalue weighted by Crippen LogP contribution is 2.13. The third-order valence-corrected chi connectivity index (χ3v) is 1.91. The van der Waals surface area contributed by atoms with Crippen molar-refractivity contribution in [3.63, 3.8) is 0 Å². The van der Waals surface area contributed by atoms with E-state index in [1.165, 1.54) is 12.1 Å². The molecule has 7 heteroatoms. The number of rotatable bonds is 6. The van der Waals surface area contributed by atoms with Crippen molar-refractivity contribution in [2.24, 2.45) is 0 Å². The molecule has 0 saturated carbocycles. The third kappa shape index (κ3) is 5.43. The minimum Gasteiger partial charge on any atom is -0.374 e. The van der Waals surface area contributed by atoms with Crippen molar-refractivity contribution in [1.29, 1.82) is 5.26 Å². The van der Waals surface area contributed by atoms with Gasteiger partial charge in [0.05, 0.1) is 18.2 Å². The van der Waals surface area contributed by atoms with Crippen LogP contribution in [0.4, 0.5) is 14.6 Å². The predicted molar refractivity (Wildman–Crippen MR) is 59.3 cm³/mol. The molecule has 4 nitrogen and oxygen atoms in total. The molecule has 1 heterocycles. The molecular formula is C10H10ClF2N3O. The summed E-state index contributed by atoms with van der Waals surface area (Å²) in [6.45, 7) is -0.153. The standard InChI is InChI=1S/C10H10ClF2N3O/c11-8-3-7(5-14)4-10(16-8)15-1-2-17-6-9(12)13/h3-4,9H,1-2,6H2,(H,15,16). The Morgan fingerprint density at radius 3 is 2.94 bits per heavy atom. The van der Waals surface area contributed by atoms with E-state index in [-0.39, 0.29) is 11.8 Å². The van der Waals surface area contributed by atoms with Crippen LogP contribution in [0, 0.1) is 11.3 Å². The summed E-state index contributed by atoms with van der Waals surface area (Å²) in [5.41, 5.74) is 0.376. The average Bonchev–Trinajstić information content (AvgIpc) is 2.27. The molecule has 1 aromatic rings. The summed E-state index contributed by atoms with van der Waals surface area (Å²) in [6, 6.07) is 4.87. The van der Waals surface area contributed by atoms with E-state index in [2.05, 4.69) is 15.0 Å². The zero-order chi connectivity index (χ0) is 12.7. The van der Waals surface area contributed by atoms with Gasteiger partial charge in [-0.05, 0) is 12.1 Å². The minimum absolute atomic E-state index is 0.125. The highest BCUT2D eigenvalue weighted by molar-refractivity contribution is 6.29. The molecule has 17 heavy (non-hydrogen) atoms. The van der Waals surface area contributed by atoms with Gasteiger partial charge in [0.1, 0.15) is 17.6 Å². The number of hydrogen-bond donors (Lipinski definition) is 1. The smallest absolute Gasteiger partial charge is 0.261 e. The van der Waals surface area contributed by atoms with Gasteiger partial charge in [0, 0.05) is 6.54 Å². The van der Waals surface area contributed by atoms with Gasteiger partial charge in [-0.15, -0.1) is 0 Å². The number of ether oxygens (including phenoxy) is 1. The molecule has 0 unspecified atom stereocenters. The van der Waals surface area contributed by atoms with Crippen molar-refractivity contribution >= 4 is 17.4 Å². The number of anilines is 1. The molecule has 1 aromatic heterocycles. The topological polar surface area (TPSA) is 57.9 Å². The Labute approximate surface area is 102 Å². The molecule has 0 radical (unpaired) electrons. The highest BCUT2D eigenvalue weighted by atomic mass is 35.5. The first-order chi connectivity index (χ1) is 8.11. The van der Waals surface area contributed by atoms with Gasteiger partial charge in [-0.2, -0.15) is 5.26 Å². The fourth-order valence-corrected chi connectivity index (χ4v) is 1.28. The Hall–Kier alpha value is -1.45. The van der Waals surface area contributed by atoms with Crippen molar-refractivity contribution in [1.82, 2.24) is 4.98 Å². The number of nitrogens with one attached hydrogen (secondary N) is 1. The number of alkyl halides is 2. The van der Waals surface area contributed by atoms with E-state index >= 15 is 0 Å². The second-order valence-electron chi connectivity index (χ2n) is 3.07. The second kappa shape index (κ2) is 6.99. The Bertz CT molecular complexity index is 409. The largest absolute Gasteiger partial charge is 0.374 e. The van der Waals surface area contributed by atoms with Gasteiger partial charge >= 0.3 is 0 Å². The van der Waals surface area contributed by atoms with Gasteiger partial charge in [-0.25, -0.2) is 13.8 Å². The maximum atomic E-state index is 11.7. The van der Waals surface area contributed by atoms with Crippen molar-refractivity contribution in [3.05, 3.63) is 22.8 Å². The summed E-state index contributed by atoms with van der Waals surface area (Å²) in [5.74, 6) is 0.412. The van der Waals surface area contributed by atoms with Crippen molar-refractivity contribution in [2.45, 2.75) is 6.43 Å². The summed E-state index contributed by atoms with van der Waals surface area (Å²) in [5, 5.41) is 11.7. The zero-order valence-corrected chi connectivity index (χ0v) is 9.55.